The lowest BCUT2D eigenvalue weighted by Gasteiger charge is -2.08. The lowest BCUT2D eigenvalue weighted by Crippen LogP contribution is -2.23. The number of aromatic amines is 1. The summed E-state index contributed by atoms with van der Waals surface area (Å²) in [6, 6.07) is 6.08. The van der Waals surface area contributed by atoms with Crippen molar-refractivity contribution in [3.8, 4) is 0 Å². The Hall–Kier alpha value is -1.61. The third-order valence-corrected chi connectivity index (χ3v) is 2.93. The van der Waals surface area contributed by atoms with E-state index in [0.29, 0.717) is 6.42 Å². The van der Waals surface area contributed by atoms with Crippen molar-refractivity contribution in [1.29, 1.82) is 0 Å². The second-order valence-corrected chi connectivity index (χ2v) is 4.85. The molecule has 0 bridgehead atoms. The average Bonchev–Trinajstić information content (AvgIpc) is 2.19. The first kappa shape index (κ1) is 11.9. The minimum atomic E-state index is -0.0280. The first-order valence-electron chi connectivity index (χ1n) is 5.86. The molecule has 1 aromatic heterocycles. The van der Waals surface area contributed by atoms with E-state index in [1.165, 1.54) is 5.56 Å². The summed E-state index contributed by atoms with van der Waals surface area (Å²) in [7, 11) is 0. The molecule has 1 aromatic carbocycles. The van der Waals surface area contributed by atoms with Crippen molar-refractivity contribution in [3.05, 3.63) is 45.2 Å². The van der Waals surface area contributed by atoms with Crippen molar-refractivity contribution in [3.63, 3.8) is 0 Å². The van der Waals surface area contributed by atoms with Gasteiger partial charge in [0.05, 0.1) is 0 Å². The predicted octanol–water partition coefficient (Wildman–Crippen LogP) is 2.03. The molecule has 17 heavy (non-hydrogen) atoms. The fraction of sp³-hybridized carbons (Fsp3) is 0.357. The van der Waals surface area contributed by atoms with E-state index in [4.69, 9.17) is 5.73 Å². The number of nitrogens with one attached hydrogen (secondary N) is 1. The van der Waals surface area contributed by atoms with Crippen LogP contribution in [0.5, 0.6) is 0 Å². The summed E-state index contributed by atoms with van der Waals surface area (Å²) in [6.07, 6.45) is 0.610. The first-order valence-corrected chi connectivity index (χ1v) is 5.86. The molecule has 0 radical (unpaired) electrons. The lowest BCUT2D eigenvalue weighted by atomic mass is 10.0. The van der Waals surface area contributed by atoms with Gasteiger partial charge in [0.2, 0.25) is 0 Å². The van der Waals surface area contributed by atoms with Gasteiger partial charge in [-0.2, -0.15) is 0 Å². The number of H-pyrrole nitrogens is 1. The van der Waals surface area contributed by atoms with Gasteiger partial charge in [-0.15, -0.1) is 0 Å². The molecule has 1 unspecified atom stereocenters. The molecule has 3 nitrogen and oxygen atoms in total. The topological polar surface area (TPSA) is 58.9 Å². The third-order valence-electron chi connectivity index (χ3n) is 2.93. The summed E-state index contributed by atoms with van der Waals surface area (Å²) in [6.45, 7) is 6.00. The second-order valence-electron chi connectivity index (χ2n) is 4.85. The minimum absolute atomic E-state index is 0.000644. The van der Waals surface area contributed by atoms with Crippen LogP contribution in [-0.2, 0) is 6.42 Å². The predicted molar refractivity (Wildman–Crippen MR) is 71.4 cm³/mol. The van der Waals surface area contributed by atoms with E-state index in [1.807, 2.05) is 26.0 Å². The molecule has 0 aliphatic carbocycles. The summed E-state index contributed by atoms with van der Waals surface area (Å²) < 4.78 is 0. The summed E-state index contributed by atoms with van der Waals surface area (Å²) in [5.74, 6) is 0. The maximum atomic E-state index is 11.9. The highest BCUT2D eigenvalue weighted by Crippen LogP contribution is 2.18. The van der Waals surface area contributed by atoms with Crippen molar-refractivity contribution in [2.45, 2.75) is 33.2 Å². The van der Waals surface area contributed by atoms with E-state index < -0.39 is 0 Å². The molecule has 0 spiro atoms. The third kappa shape index (κ3) is 2.39. The molecule has 2 aromatic rings. The zero-order valence-corrected chi connectivity index (χ0v) is 10.5. The SMILES string of the molecule is Cc1cc(C)c2cc(CC(C)N)c(=O)[nH]c2c1. The van der Waals surface area contributed by atoms with E-state index in [-0.39, 0.29) is 11.6 Å². The molecular weight excluding hydrogens is 212 g/mol. The molecule has 0 fully saturated rings. The monoisotopic (exact) mass is 230 g/mol. The Morgan fingerprint density at radius 1 is 1.29 bits per heavy atom. The Labute approximate surface area is 101 Å². The van der Waals surface area contributed by atoms with Crippen molar-refractivity contribution < 1.29 is 0 Å². The fourth-order valence-electron chi connectivity index (χ4n) is 2.21. The molecule has 90 valence electrons. The Kier molecular flexibility index (Phi) is 3.03. The Bertz CT molecular complexity index is 611. The number of fused-ring (bicyclic) bond motifs is 1. The quantitative estimate of drug-likeness (QED) is 0.829. The Morgan fingerprint density at radius 2 is 2.00 bits per heavy atom. The van der Waals surface area contributed by atoms with E-state index in [1.54, 1.807) is 0 Å². The molecular formula is C14H18N2O. The van der Waals surface area contributed by atoms with Crippen molar-refractivity contribution in [2.75, 3.05) is 0 Å². The van der Waals surface area contributed by atoms with E-state index in [2.05, 4.69) is 18.0 Å². The Balaban J connectivity index is 2.67. The molecule has 1 atom stereocenters. The van der Waals surface area contributed by atoms with Crippen molar-refractivity contribution >= 4 is 10.9 Å². The average molecular weight is 230 g/mol. The van der Waals surface area contributed by atoms with Gasteiger partial charge in [-0.25, -0.2) is 0 Å². The van der Waals surface area contributed by atoms with Crippen LogP contribution in [0.25, 0.3) is 10.9 Å². The smallest absolute Gasteiger partial charge is 0.251 e. The van der Waals surface area contributed by atoms with Crippen LogP contribution in [0.4, 0.5) is 0 Å². The largest absolute Gasteiger partial charge is 0.328 e. The van der Waals surface area contributed by atoms with Gasteiger partial charge in [0.25, 0.3) is 5.56 Å². The van der Waals surface area contributed by atoms with Gasteiger partial charge in [-0.3, -0.25) is 4.79 Å². The molecule has 2 rings (SSSR count). The number of rotatable bonds is 2. The number of pyridine rings is 1. The summed E-state index contributed by atoms with van der Waals surface area (Å²) in [5, 5.41) is 1.10. The van der Waals surface area contributed by atoms with Gasteiger partial charge in [-0.1, -0.05) is 6.07 Å². The number of benzene rings is 1. The normalized spacial score (nSPS) is 12.9. The highest BCUT2D eigenvalue weighted by Gasteiger charge is 2.07. The van der Waals surface area contributed by atoms with Gasteiger partial charge < -0.3 is 10.7 Å². The highest BCUT2D eigenvalue weighted by atomic mass is 16.1. The first-order chi connectivity index (χ1) is 7.97. The highest BCUT2D eigenvalue weighted by molar-refractivity contribution is 5.83. The van der Waals surface area contributed by atoms with Crippen LogP contribution in [0, 0.1) is 13.8 Å². The number of aromatic nitrogens is 1. The zero-order valence-electron chi connectivity index (χ0n) is 10.5. The summed E-state index contributed by atoms with van der Waals surface area (Å²) in [4.78, 5) is 14.8. The lowest BCUT2D eigenvalue weighted by molar-refractivity contribution is 0.732. The number of nitrogens with two attached hydrogens (primary N) is 1. The summed E-state index contributed by atoms with van der Waals surface area (Å²) in [5.41, 5.74) is 9.73. The maximum Gasteiger partial charge on any atom is 0.251 e. The van der Waals surface area contributed by atoms with Crippen LogP contribution >= 0.6 is 0 Å². The molecule has 0 saturated heterocycles. The molecule has 0 aliphatic rings. The molecule has 3 heteroatoms. The van der Waals surface area contributed by atoms with Gasteiger partial charge in [0.15, 0.2) is 0 Å². The van der Waals surface area contributed by atoms with E-state index in [9.17, 15) is 4.79 Å². The number of aryl methyl sites for hydroxylation is 2. The molecule has 3 N–H and O–H groups in total. The maximum absolute atomic E-state index is 11.9. The van der Waals surface area contributed by atoms with Crippen LogP contribution in [0.1, 0.15) is 23.6 Å². The standard InChI is InChI=1S/C14H18N2O/c1-8-4-9(2)12-7-11(6-10(3)15)14(17)16-13(12)5-8/h4-5,7,10H,6,15H2,1-3H3,(H,16,17). The van der Waals surface area contributed by atoms with Gasteiger partial charge in [-0.05, 0) is 50.5 Å². The molecule has 0 saturated carbocycles. The van der Waals surface area contributed by atoms with E-state index >= 15 is 0 Å². The number of hydrogen-bond donors (Lipinski definition) is 2. The van der Waals surface area contributed by atoms with Crippen LogP contribution in [-0.4, -0.2) is 11.0 Å². The molecule has 0 amide bonds. The van der Waals surface area contributed by atoms with E-state index in [0.717, 1.165) is 22.0 Å². The second kappa shape index (κ2) is 4.34. The van der Waals surface area contributed by atoms with Crippen molar-refractivity contribution in [2.24, 2.45) is 5.73 Å². The van der Waals surface area contributed by atoms with Crippen LogP contribution in [0.15, 0.2) is 23.0 Å². The molecule has 1 heterocycles. The summed E-state index contributed by atoms with van der Waals surface area (Å²) >= 11 is 0. The van der Waals surface area contributed by atoms with Crippen molar-refractivity contribution in [1.82, 2.24) is 4.98 Å². The molecule has 0 aliphatic heterocycles. The minimum Gasteiger partial charge on any atom is -0.328 e. The zero-order chi connectivity index (χ0) is 12.6. The Morgan fingerprint density at radius 3 is 2.65 bits per heavy atom. The van der Waals surface area contributed by atoms with Gasteiger partial charge in [0.1, 0.15) is 0 Å². The fourth-order valence-corrected chi connectivity index (χ4v) is 2.21. The van der Waals surface area contributed by atoms with Crippen LogP contribution < -0.4 is 11.3 Å². The number of hydrogen-bond acceptors (Lipinski definition) is 2. The van der Waals surface area contributed by atoms with Crippen LogP contribution in [0.2, 0.25) is 0 Å². The van der Waals surface area contributed by atoms with Gasteiger partial charge >= 0.3 is 0 Å². The van der Waals surface area contributed by atoms with Crippen LogP contribution in [0.3, 0.4) is 0 Å². The van der Waals surface area contributed by atoms with Gasteiger partial charge in [0, 0.05) is 22.5 Å².